The van der Waals surface area contributed by atoms with Crippen molar-refractivity contribution in [2.75, 3.05) is 13.1 Å². The first-order valence-corrected chi connectivity index (χ1v) is 8.83. The van der Waals surface area contributed by atoms with Crippen molar-refractivity contribution in [3.63, 3.8) is 0 Å². The van der Waals surface area contributed by atoms with E-state index in [0.29, 0.717) is 6.42 Å². The van der Waals surface area contributed by atoms with E-state index in [1.807, 2.05) is 0 Å². The fourth-order valence-electron chi connectivity index (χ4n) is 2.77. The molecule has 24 heavy (non-hydrogen) atoms. The first-order chi connectivity index (χ1) is 11.1. The van der Waals surface area contributed by atoms with Gasteiger partial charge in [-0.25, -0.2) is 8.42 Å². The number of nitrogens with zero attached hydrogens (tertiary/aromatic N) is 1. The molecule has 2 atom stereocenters. The van der Waals surface area contributed by atoms with E-state index >= 15 is 0 Å². The lowest BCUT2D eigenvalue weighted by atomic mass is 9.87. The molecule has 1 heterocycles. The van der Waals surface area contributed by atoms with Crippen molar-refractivity contribution < 1.29 is 31.9 Å². The molecule has 0 saturated carbocycles. The topological polar surface area (TPSA) is 91.8 Å². The smallest absolute Gasteiger partial charge is 0.341 e. The van der Waals surface area contributed by atoms with Crippen molar-refractivity contribution in [1.82, 2.24) is 4.90 Å². The summed E-state index contributed by atoms with van der Waals surface area (Å²) in [6.45, 7) is 2.29. The molecule has 1 aromatic carbocycles. The first-order valence-electron chi connectivity index (χ1n) is 7.28. The number of benzene rings is 1. The molecule has 1 aromatic rings. The van der Waals surface area contributed by atoms with Crippen LogP contribution in [0.15, 0.2) is 29.2 Å². The number of likely N-dealkylation sites (tertiary alicyclic amines) is 1. The summed E-state index contributed by atoms with van der Waals surface area (Å²) in [6, 6.07) is 4.32. The maximum absolute atomic E-state index is 12.5. The van der Waals surface area contributed by atoms with Gasteiger partial charge in [-0.3, -0.25) is 9.59 Å². The molecule has 132 valence electrons. The number of carboxylic acids is 1. The number of sulfone groups is 1. The van der Waals surface area contributed by atoms with Crippen LogP contribution in [0.1, 0.15) is 23.7 Å². The van der Waals surface area contributed by atoms with Crippen molar-refractivity contribution in [2.24, 2.45) is 11.8 Å². The monoisotopic (exact) mass is 361 g/mol. The number of piperidine rings is 1. The Bertz CT molecular complexity index is 733. The Balaban J connectivity index is 2.13. The Hall–Kier alpha value is -2.03. The highest BCUT2D eigenvalue weighted by molar-refractivity contribution is 7.91. The quantitative estimate of drug-likeness (QED) is 0.884. The van der Waals surface area contributed by atoms with E-state index < -0.39 is 32.4 Å². The molecule has 1 aliphatic rings. The average Bonchev–Trinajstić information content (AvgIpc) is 2.53. The molecule has 1 fully saturated rings. The van der Waals surface area contributed by atoms with Gasteiger partial charge < -0.3 is 10.0 Å². The van der Waals surface area contributed by atoms with E-state index in [9.17, 15) is 26.8 Å². The molecule has 1 saturated heterocycles. The first kappa shape index (κ1) is 18.3. The summed E-state index contributed by atoms with van der Waals surface area (Å²) in [5, 5.41) is 9.08. The zero-order valence-electron chi connectivity index (χ0n) is 12.9. The lowest BCUT2D eigenvalue weighted by Crippen LogP contribution is -2.45. The van der Waals surface area contributed by atoms with Gasteiger partial charge in [0, 0.05) is 18.7 Å². The van der Waals surface area contributed by atoms with Gasteiger partial charge in [0.15, 0.2) is 0 Å². The number of halogens is 2. The second kappa shape index (κ2) is 6.84. The Kier molecular flexibility index (Phi) is 5.22. The minimum Gasteiger partial charge on any atom is -0.481 e. The van der Waals surface area contributed by atoms with Crippen molar-refractivity contribution in [3.8, 4) is 0 Å². The summed E-state index contributed by atoms with van der Waals surface area (Å²) in [5.41, 5.74) is 0.171. The molecule has 2 unspecified atom stereocenters. The summed E-state index contributed by atoms with van der Waals surface area (Å²) >= 11 is 0. The second-order valence-corrected chi connectivity index (χ2v) is 7.71. The van der Waals surface area contributed by atoms with E-state index in [1.54, 1.807) is 6.92 Å². The summed E-state index contributed by atoms with van der Waals surface area (Å²) in [7, 11) is -4.69. The van der Waals surface area contributed by atoms with Gasteiger partial charge in [-0.15, -0.1) is 0 Å². The van der Waals surface area contributed by atoms with Crippen LogP contribution in [0.2, 0.25) is 0 Å². The highest BCUT2D eigenvalue weighted by Crippen LogP contribution is 2.25. The van der Waals surface area contributed by atoms with E-state index in [0.717, 1.165) is 12.1 Å². The number of carbonyl (C=O) groups excluding carboxylic acids is 1. The van der Waals surface area contributed by atoms with Crippen LogP contribution >= 0.6 is 0 Å². The van der Waals surface area contributed by atoms with Gasteiger partial charge in [0.2, 0.25) is 9.84 Å². The van der Waals surface area contributed by atoms with Gasteiger partial charge in [0.1, 0.15) is 0 Å². The van der Waals surface area contributed by atoms with Crippen molar-refractivity contribution in [2.45, 2.75) is 24.0 Å². The third kappa shape index (κ3) is 3.55. The minimum absolute atomic E-state index is 0.171. The number of hydrogen-bond donors (Lipinski definition) is 1. The van der Waals surface area contributed by atoms with Gasteiger partial charge >= 0.3 is 11.7 Å². The molecule has 1 amide bonds. The van der Waals surface area contributed by atoms with Gasteiger partial charge in [0.05, 0.1) is 10.8 Å². The molecular formula is C15H17F2NO5S. The fourth-order valence-corrected chi connectivity index (χ4v) is 3.49. The normalized spacial score (nSPS) is 21.8. The second-order valence-electron chi connectivity index (χ2n) is 5.79. The summed E-state index contributed by atoms with van der Waals surface area (Å²) in [5.74, 6) is -5.51. The molecule has 2 rings (SSSR count). The van der Waals surface area contributed by atoms with E-state index in [2.05, 4.69) is 0 Å². The number of carboxylic acid groups (broad SMARTS) is 1. The third-order valence-corrected chi connectivity index (χ3v) is 5.57. The number of alkyl halides is 2. The molecule has 6 nitrogen and oxygen atoms in total. The van der Waals surface area contributed by atoms with Crippen molar-refractivity contribution >= 4 is 21.7 Å². The molecule has 0 aliphatic carbocycles. The maximum atomic E-state index is 12.5. The highest BCUT2D eigenvalue weighted by atomic mass is 32.2. The predicted molar refractivity (Wildman–Crippen MR) is 80.4 cm³/mol. The highest BCUT2D eigenvalue weighted by Gasteiger charge is 2.33. The van der Waals surface area contributed by atoms with Crippen LogP contribution in [0, 0.1) is 11.8 Å². The number of hydrogen-bond acceptors (Lipinski definition) is 4. The summed E-state index contributed by atoms with van der Waals surface area (Å²) in [4.78, 5) is 24.4. The molecule has 9 heteroatoms. The Morgan fingerprint density at radius 1 is 1.25 bits per heavy atom. The Labute approximate surface area is 138 Å². The summed E-state index contributed by atoms with van der Waals surface area (Å²) in [6.07, 6.45) is 0.333. The number of amides is 1. The van der Waals surface area contributed by atoms with E-state index in [-0.39, 0.29) is 30.5 Å². The van der Waals surface area contributed by atoms with Gasteiger partial charge in [-0.2, -0.15) is 8.78 Å². The van der Waals surface area contributed by atoms with Crippen molar-refractivity contribution in [3.05, 3.63) is 29.8 Å². The number of aliphatic carboxylic acids is 1. The van der Waals surface area contributed by atoms with Crippen LogP contribution < -0.4 is 0 Å². The summed E-state index contributed by atoms with van der Waals surface area (Å²) < 4.78 is 47.7. The Morgan fingerprint density at radius 2 is 1.83 bits per heavy atom. The van der Waals surface area contributed by atoms with Gasteiger partial charge in [-0.1, -0.05) is 6.92 Å². The van der Waals surface area contributed by atoms with Crippen LogP contribution in [0.5, 0.6) is 0 Å². The zero-order valence-corrected chi connectivity index (χ0v) is 13.7. The van der Waals surface area contributed by atoms with E-state index in [1.165, 1.54) is 17.0 Å². The average molecular weight is 361 g/mol. The molecule has 1 N–H and O–H groups in total. The van der Waals surface area contributed by atoms with Crippen LogP contribution in [0.3, 0.4) is 0 Å². The standard InChI is InChI=1S/C15H17F2NO5S/c1-9-8-18(7-6-12(9)14(20)21)13(19)10-2-4-11(5-3-10)24(22,23)15(16)17/h2-5,9,12,15H,6-8H2,1H3,(H,20,21). The van der Waals surface area contributed by atoms with E-state index in [4.69, 9.17) is 5.11 Å². The van der Waals surface area contributed by atoms with Gasteiger partial charge in [-0.05, 0) is 36.6 Å². The minimum atomic E-state index is -4.69. The third-order valence-electron chi connectivity index (χ3n) is 4.17. The molecule has 0 radical (unpaired) electrons. The fraction of sp³-hybridized carbons (Fsp3) is 0.467. The SMILES string of the molecule is CC1CN(C(=O)c2ccc(S(=O)(=O)C(F)F)cc2)CCC1C(=O)O. The lowest BCUT2D eigenvalue weighted by Gasteiger charge is -2.35. The molecular weight excluding hydrogens is 344 g/mol. The molecule has 0 bridgehead atoms. The van der Waals surface area contributed by atoms with Crippen LogP contribution in [-0.2, 0) is 14.6 Å². The molecule has 0 spiro atoms. The predicted octanol–water partition coefficient (Wildman–Crippen LogP) is 1.87. The molecule has 1 aliphatic heterocycles. The largest absolute Gasteiger partial charge is 0.481 e. The van der Waals surface area contributed by atoms with Crippen LogP contribution in [-0.4, -0.2) is 49.1 Å². The van der Waals surface area contributed by atoms with Gasteiger partial charge in [0.25, 0.3) is 5.91 Å². The Morgan fingerprint density at radius 3 is 2.29 bits per heavy atom. The molecule has 0 aromatic heterocycles. The van der Waals surface area contributed by atoms with Crippen LogP contribution in [0.4, 0.5) is 8.78 Å². The maximum Gasteiger partial charge on any atom is 0.341 e. The number of rotatable bonds is 4. The van der Waals surface area contributed by atoms with Crippen LogP contribution in [0.25, 0.3) is 0 Å². The lowest BCUT2D eigenvalue weighted by molar-refractivity contribution is -0.145. The van der Waals surface area contributed by atoms with Crippen molar-refractivity contribution in [1.29, 1.82) is 0 Å². The number of carbonyl (C=O) groups is 2. The zero-order chi connectivity index (χ0) is 18.1.